The lowest BCUT2D eigenvalue weighted by molar-refractivity contribution is -0.123. The second kappa shape index (κ2) is 9.30. The van der Waals surface area contributed by atoms with Gasteiger partial charge in [-0.3, -0.25) is 4.79 Å². The van der Waals surface area contributed by atoms with Gasteiger partial charge in [-0.2, -0.15) is 5.10 Å². The van der Waals surface area contributed by atoms with Crippen LogP contribution in [0.5, 0.6) is 11.5 Å². The minimum Gasteiger partial charge on any atom is -0.493 e. The summed E-state index contributed by atoms with van der Waals surface area (Å²) in [6, 6.07) is 12.3. The van der Waals surface area contributed by atoms with Crippen molar-refractivity contribution in [1.82, 2.24) is 5.43 Å². The number of carbonyl (C=O) groups is 1. The topological polar surface area (TPSA) is 59.9 Å². The van der Waals surface area contributed by atoms with Crippen molar-refractivity contribution in [3.8, 4) is 11.5 Å². The first-order valence-electron chi connectivity index (χ1n) is 7.21. The highest BCUT2D eigenvalue weighted by Crippen LogP contribution is 2.21. The van der Waals surface area contributed by atoms with Gasteiger partial charge in [-0.05, 0) is 49.4 Å². The number of amides is 1. The molecular formula is C17H16BrClN2O3. The van der Waals surface area contributed by atoms with E-state index in [4.69, 9.17) is 21.1 Å². The Balaban J connectivity index is 1.88. The molecule has 0 saturated carbocycles. The maximum Gasteiger partial charge on any atom is 0.277 e. The Morgan fingerprint density at radius 3 is 2.71 bits per heavy atom. The number of benzene rings is 2. The molecule has 0 atom stereocenters. The smallest absolute Gasteiger partial charge is 0.277 e. The molecule has 0 saturated heterocycles. The Morgan fingerprint density at radius 1 is 1.25 bits per heavy atom. The summed E-state index contributed by atoms with van der Waals surface area (Å²) >= 11 is 9.17. The van der Waals surface area contributed by atoms with Crippen LogP contribution in [0.15, 0.2) is 52.0 Å². The molecular weight excluding hydrogens is 396 g/mol. The molecule has 1 amide bonds. The number of hydrazone groups is 1. The van der Waals surface area contributed by atoms with Crippen molar-refractivity contribution < 1.29 is 14.3 Å². The summed E-state index contributed by atoms with van der Waals surface area (Å²) in [7, 11) is 0. The van der Waals surface area contributed by atoms with E-state index in [0.29, 0.717) is 23.1 Å². The van der Waals surface area contributed by atoms with Crippen LogP contribution in [0.2, 0.25) is 5.02 Å². The maximum absolute atomic E-state index is 11.7. The molecule has 0 aliphatic heterocycles. The second-order valence-corrected chi connectivity index (χ2v) is 6.00. The van der Waals surface area contributed by atoms with Crippen LogP contribution < -0.4 is 14.9 Å². The highest BCUT2D eigenvalue weighted by molar-refractivity contribution is 9.10. The van der Waals surface area contributed by atoms with Crippen LogP contribution in [-0.4, -0.2) is 25.3 Å². The van der Waals surface area contributed by atoms with Gasteiger partial charge in [-0.15, -0.1) is 0 Å². The molecule has 0 aliphatic carbocycles. The molecule has 0 fully saturated rings. The van der Waals surface area contributed by atoms with E-state index < -0.39 is 0 Å². The highest BCUT2D eigenvalue weighted by Gasteiger charge is 2.04. The fourth-order valence-electron chi connectivity index (χ4n) is 1.79. The Labute approximate surface area is 153 Å². The normalized spacial score (nSPS) is 10.6. The van der Waals surface area contributed by atoms with E-state index in [1.54, 1.807) is 24.3 Å². The molecule has 0 aromatic heterocycles. The van der Waals surface area contributed by atoms with E-state index in [1.807, 2.05) is 25.1 Å². The van der Waals surface area contributed by atoms with E-state index in [1.165, 1.54) is 6.21 Å². The minimum absolute atomic E-state index is 0.143. The second-order valence-electron chi connectivity index (χ2n) is 4.65. The number of hydrogen-bond acceptors (Lipinski definition) is 4. The van der Waals surface area contributed by atoms with Gasteiger partial charge in [0.1, 0.15) is 11.5 Å². The molecule has 0 spiro atoms. The molecule has 0 radical (unpaired) electrons. The zero-order valence-corrected chi connectivity index (χ0v) is 15.3. The molecule has 7 heteroatoms. The molecule has 2 aromatic rings. The number of hydrogen-bond donors (Lipinski definition) is 1. The molecule has 5 nitrogen and oxygen atoms in total. The monoisotopic (exact) mass is 410 g/mol. The van der Waals surface area contributed by atoms with Crippen molar-refractivity contribution >= 4 is 39.7 Å². The summed E-state index contributed by atoms with van der Waals surface area (Å²) in [5, 5.41) is 4.53. The first-order valence-corrected chi connectivity index (χ1v) is 8.38. The van der Waals surface area contributed by atoms with E-state index in [9.17, 15) is 4.79 Å². The molecule has 24 heavy (non-hydrogen) atoms. The number of nitrogens with one attached hydrogen (secondary N) is 1. The first-order chi connectivity index (χ1) is 11.6. The van der Waals surface area contributed by atoms with E-state index in [0.717, 1.165) is 10.0 Å². The van der Waals surface area contributed by atoms with Gasteiger partial charge in [0.2, 0.25) is 0 Å². The fraction of sp³-hybridized carbons (Fsp3) is 0.176. The van der Waals surface area contributed by atoms with Crippen molar-refractivity contribution in [1.29, 1.82) is 0 Å². The summed E-state index contributed by atoms with van der Waals surface area (Å²) in [6.45, 7) is 2.30. The van der Waals surface area contributed by atoms with E-state index >= 15 is 0 Å². The highest BCUT2D eigenvalue weighted by atomic mass is 79.9. The minimum atomic E-state index is -0.367. The molecule has 0 bridgehead atoms. The Morgan fingerprint density at radius 2 is 2.00 bits per heavy atom. The average molecular weight is 412 g/mol. The molecule has 0 aliphatic rings. The lowest BCUT2D eigenvalue weighted by atomic mass is 10.2. The third kappa shape index (κ3) is 5.86. The Kier molecular flexibility index (Phi) is 7.08. The van der Waals surface area contributed by atoms with E-state index in [2.05, 4.69) is 26.5 Å². The summed E-state index contributed by atoms with van der Waals surface area (Å²) < 4.78 is 11.7. The van der Waals surface area contributed by atoms with Crippen molar-refractivity contribution in [2.75, 3.05) is 13.2 Å². The van der Waals surface area contributed by atoms with Crippen LogP contribution in [-0.2, 0) is 4.79 Å². The van der Waals surface area contributed by atoms with Crippen LogP contribution in [0.25, 0.3) is 0 Å². The van der Waals surface area contributed by atoms with Gasteiger partial charge < -0.3 is 9.47 Å². The summed E-state index contributed by atoms with van der Waals surface area (Å²) in [5.41, 5.74) is 3.16. The predicted octanol–water partition coefficient (Wildman–Crippen LogP) is 4.03. The Bertz CT molecular complexity index is 720. The van der Waals surface area contributed by atoms with Crippen molar-refractivity contribution in [3.05, 3.63) is 57.5 Å². The summed E-state index contributed by atoms with van der Waals surface area (Å²) in [6.07, 6.45) is 1.52. The number of halogens is 2. The molecule has 2 aromatic carbocycles. The number of rotatable bonds is 7. The van der Waals surface area contributed by atoms with Crippen LogP contribution in [0.1, 0.15) is 12.5 Å². The van der Waals surface area contributed by atoms with Gasteiger partial charge in [0.25, 0.3) is 5.91 Å². The van der Waals surface area contributed by atoms with Gasteiger partial charge >= 0.3 is 0 Å². The number of nitrogens with zero attached hydrogens (tertiary/aromatic N) is 1. The molecule has 0 unspecified atom stereocenters. The number of ether oxygens (including phenoxy) is 2. The number of carbonyl (C=O) groups excluding carboxylic acids is 1. The van der Waals surface area contributed by atoms with Gasteiger partial charge in [-0.25, -0.2) is 5.43 Å². The van der Waals surface area contributed by atoms with Crippen LogP contribution in [0.3, 0.4) is 0 Å². The summed E-state index contributed by atoms with van der Waals surface area (Å²) in [4.78, 5) is 11.7. The summed E-state index contributed by atoms with van der Waals surface area (Å²) in [5.74, 6) is 0.884. The van der Waals surface area contributed by atoms with Gasteiger partial charge in [0.05, 0.1) is 12.8 Å². The third-order valence-electron chi connectivity index (χ3n) is 2.85. The zero-order chi connectivity index (χ0) is 17.4. The first kappa shape index (κ1) is 18.3. The molecule has 2 rings (SSSR count). The zero-order valence-electron chi connectivity index (χ0n) is 13.0. The SMILES string of the molecule is CCOc1ccc(Br)cc1C=NNC(=O)COc1ccc(Cl)cc1. The van der Waals surface area contributed by atoms with Crippen LogP contribution >= 0.6 is 27.5 Å². The quantitative estimate of drug-likeness (QED) is 0.553. The van der Waals surface area contributed by atoms with Gasteiger partial charge in [-0.1, -0.05) is 27.5 Å². The third-order valence-corrected chi connectivity index (χ3v) is 3.59. The maximum atomic E-state index is 11.7. The Hall–Kier alpha value is -2.05. The standard InChI is InChI=1S/C17H16BrClN2O3/c1-2-23-16-8-3-13(18)9-12(16)10-20-21-17(22)11-24-15-6-4-14(19)5-7-15/h3-10H,2,11H2,1H3,(H,21,22). The molecule has 0 heterocycles. The fourth-order valence-corrected chi connectivity index (χ4v) is 2.30. The van der Waals surface area contributed by atoms with E-state index in [-0.39, 0.29) is 12.5 Å². The van der Waals surface area contributed by atoms with Crippen LogP contribution in [0.4, 0.5) is 0 Å². The lowest BCUT2D eigenvalue weighted by Crippen LogP contribution is -2.24. The van der Waals surface area contributed by atoms with Crippen molar-refractivity contribution in [3.63, 3.8) is 0 Å². The van der Waals surface area contributed by atoms with Crippen molar-refractivity contribution in [2.45, 2.75) is 6.92 Å². The van der Waals surface area contributed by atoms with Gasteiger partial charge in [0, 0.05) is 15.1 Å². The lowest BCUT2D eigenvalue weighted by Gasteiger charge is -2.07. The van der Waals surface area contributed by atoms with Crippen molar-refractivity contribution in [2.24, 2.45) is 5.10 Å². The molecule has 126 valence electrons. The average Bonchev–Trinajstić information content (AvgIpc) is 2.57. The van der Waals surface area contributed by atoms with Gasteiger partial charge in [0.15, 0.2) is 6.61 Å². The predicted molar refractivity (Wildman–Crippen MR) is 98.0 cm³/mol. The van der Waals surface area contributed by atoms with Crippen LogP contribution in [0, 0.1) is 0 Å². The molecule has 1 N–H and O–H groups in total. The largest absolute Gasteiger partial charge is 0.493 e.